The van der Waals surface area contributed by atoms with Crippen molar-refractivity contribution in [1.29, 1.82) is 5.26 Å². The van der Waals surface area contributed by atoms with Crippen LogP contribution in [-0.4, -0.2) is 50.2 Å². The Labute approximate surface area is 245 Å². The maximum Gasteiger partial charge on any atom is 0.417 e. The van der Waals surface area contributed by atoms with Crippen molar-refractivity contribution in [1.82, 2.24) is 19.7 Å². The third-order valence-electron chi connectivity index (χ3n) is 6.94. The molecule has 224 valence electrons. The Balaban J connectivity index is 1.60. The number of alkyl halides is 3. The number of H-pyrrole nitrogens is 1. The first-order valence-corrected chi connectivity index (χ1v) is 13.7. The summed E-state index contributed by atoms with van der Waals surface area (Å²) in [6.45, 7) is 5.44. The van der Waals surface area contributed by atoms with Gasteiger partial charge in [-0.3, -0.25) is 14.3 Å². The topological polar surface area (TPSA) is 146 Å². The van der Waals surface area contributed by atoms with Gasteiger partial charge in [-0.05, 0) is 50.9 Å². The van der Waals surface area contributed by atoms with Crippen molar-refractivity contribution in [3.63, 3.8) is 0 Å². The number of aromatic amines is 1. The van der Waals surface area contributed by atoms with Gasteiger partial charge in [0.05, 0.1) is 35.1 Å². The summed E-state index contributed by atoms with van der Waals surface area (Å²) in [5.41, 5.74) is -1.55. The molecule has 0 aliphatic heterocycles. The highest BCUT2D eigenvalue weighted by molar-refractivity contribution is 6.54. The Morgan fingerprint density at radius 3 is 2.63 bits per heavy atom. The van der Waals surface area contributed by atoms with Gasteiger partial charge in [0.1, 0.15) is 22.7 Å². The van der Waals surface area contributed by atoms with Crippen LogP contribution in [0.25, 0.3) is 22.4 Å². The van der Waals surface area contributed by atoms with Gasteiger partial charge in [-0.25, -0.2) is 4.98 Å². The number of anilines is 1. The zero-order valence-corrected chi connectivity index (χ0v) is 24.1. The van der Waals surface area contributed by atoms with Crippen molar-refractivity contribution in [3.8, 4) is 23.2 Å². The van der Waals surface area contributed by atoms with Gasteiger partial charge < -0.3 is 20.1 Å². The van der Waals surface area contributed by atoms with Crippen LogP contribution in [0.4, 0.5) is 18.9 Å². The number of aliphatic hydroxyl groups is 1. The number of hydrogen-bond donors (Lipinski definition) is 3. The van der Waals surface area contributed by atoms with Gasteiger partial charge in [0.25, 0.3) is 11.5 Å². The van der Waals surface area contributed by atoms with Crippen LogP contribution in [0.5, 0.6) is 5.75 Å². The first-order chi connectivity index (χ1) is 20.3. The number of nitrogens with zero attached hydrogens (tertiary/aromatic N) is 4. The molecule has 2 heterocycles. The Bertz CT molecular complexity index is 1780. The van der Waals surface area contributed by atoms with Crippen molar-refractivity contribution in [2.75, 3.05) is 11.9 Å². The summed E-state index contributed by atoms with van der Waals surface area (Å²) >= 11 is 0. The quantitative estimate of drug-likeness (QED) is 0.239. The van der Waals surface area contributed by atoms with Crippen LogP contribution in [0.1, 0.15) is 44.0 Å². The van der Waals surface area contributed by atoms with Crippen molar-refractivity contribution < 1.29 is 27.8 Å². The molecule has 0 aliphatic rings. The maximum absolute atomic E-state index is 13.3. The first kappa shape index (κ1) is 31.3. The minimum Gasteiger partial charge on any atom is -0.493 e. The van der Waals surface area contributed by atoms with E-state index in [1.165, 1.54) is 23.7 Å². The Morgan fingerprint density at radius 1 is 1.23 bits per heavy atom. The number of aromatic nitrogens is 4. The average molecular weight is 594 g/mol. The lowest BCUT2D eigenvalue weighted by Crippen LogP contribution is -2.42. The van der Waals surface area contributed by atoms with Gasteiger partial charge in [0.2, 0.25) is 0 Å². The van der Waals surface area contributed by atoms with Crippen LogP contribution in [0.3, 0.4) is 0 Å². The summed E-state index contributed by atoms with van der Waals surface area (Å²) in [6, 6.07) is 9.47. The van der Waals surface area contributed by atoms with Crippen LogP contribution < -0.4 is 21.1 Å². The number of halogens is 3. The van der Waals surface area contributed by atoms with Gasteiger partial charge >= 0.3 is 6.18 Å². The summed E-state index contributed by atoms with van der Waals surface area (Å²) in [6.07, 6.45) is -3.42. The largest absolute Gasteiger partial charge is 0.493 e. The lowest BCUT2D eigenvalue weighted by molar-refractivity contribution is -0.137. The zero-order valence-electron chi connectivity index (χ0n) is 24.1. The number of benzene rings is 2. The lowest BCUT2D eigenvalue weighted by Gasteiger charge is -2.23. The Hall–Kier alpha value is -4.64. The van der Waals surface area contributed by atoms with E-state index in [1.54, 1.807) is 25.2 Å². The van der Waals surface area contributed by atoms with Crippen molar-refractivity contribution in [2.45, 2.75) is 51.7 Å². The highest BCUT2D eigenvalue weighted by Crippen LogP contribution is 2.34. The molecule has 14 heteroatoms. The summed E-state index contributed by atoms with van der Waals surface area (Å²) in [5.74, 6) is -0.160. The van der Waals surface area contributed by atoms with Gasteiger partial charge in [0, 0.05) is 12.7 Å². The second kappa shape index (κ2) is 12.3. The van der Waals surface area contributed by atoms with E-state index in [1.807, 2.05) is 13.8 Å². The van der Waals surface area contributed by atoms with Crippen molar-refractivity contribution >= 4 is 35.4 Å². The van der Waals surface area contributed by atoms with Gasteiger partial charge in [-0.15, -0.1) is 0 Å². The third kappa shape index (κ3) is 6.72. The maximum atomic E-state index is 13.3. The van der Waals surface area contributed by atoms with Gasteiger partial charge in [-0.1, -0.05) is 30.9 Å². The molecule has 3 N–H and O–H groups in total. The van der Waals surface area contributed by atoms with Gasteiger partial charge in [-0.2, -0.15) is 23.5 Å². The molecule has 43 heavy (non-hydrogen) atoms. The SMILES string of the molecule is CCCc1nn(C)c2c(=O)[nH]c(-c3cc(BCC(C)(O)C(=O)Nc4ccc(C#N)c(C(F)(F)F)c4)ccc3OCC)nc12. The number of amides is 1. The summed E-state index contributed by atoms with van der Waals surface area (Å²) in [4.78, 5) is 33.4. The molecule has 0 saturated carbocycles. The molecule has 0 spiro atoms. The van der Waals surface area contributed by atoms with E-state index in [4.69, 9.17) is 15.0 Å². The predicted octanol–water partition coefficient (Wildman–Crippen LogP) is 3.44. The molecular formula is C29H30BF3N6O4. The van der Waals surface area contributed by atoms with Crippen LogP contribution in [0.15, 0.2) is 41.2 Å². The number of fused-ring (bicyclic) bond motifs is 1. The van der Waals surface area contributed by atoms with Crippen molar-refractivity contribution in [3.05, 3.63) is 63.6 Å². The summed E-state index contributed by atoms with van der Waals surface area (Å²) in [7, 11) is 1.88. The molecule has 1 amide bonds. The number of aryl methyl sites for hydroxylation is 2. The minimum absolute atomic E-state index is 0.0824. The van der Waals surface area contributed by atoms with Crippen LogP contribution in [-0.2, 0) is 24.4 Å². The molecule has 1 unspecified atom stereocenters. The molecule has 0 saturated heterocycles. The highest BCUT2D eigenvalue weighted by atomic mass is 19.4. The molecular weight excluding hydrogens is 564 g/mol. The summed E-state index contributed by atoms with van der Waals surface area (Å²) in [5, 5.41) is 26.7. The molecule has 0 radical (unpaired) electrons. The normalized spacial score (nSPS) is 12.9. The number of ether oxygens (including phenoxy) is 1. The molecule has 4 aromatic rings. The number of carbonyl (C=O) groups excluding carboxylic acids is 1. The molecule has 2 aromatic heterocycles. The second-order valence-corrected chi connectivity index (χ2v) is 10.3. The number of nitrogens with one attached hydrogen (secondary N) is 2. The van der Waals surface area contributed by atoms with Gasteiger partial charge in [0.15, 0.2) is 12.8 Å². The van der Waals surface area contributed by atoms with E-state index in [9.17, 15) is 27.9 Å². The number of hydrogen-bond acceptors (Lipinski definition) is 7. The Morgan fingerprint density at radius 2 is 1.98 bits per heavy atom. The van der Waals surface area contributed by atoms with Crippen LogP contribution in [0.2, 0.25) is 6.32 Å². The molecule has 0 bridgehead atoms. The molecule has 4 rings (SSSR count). The molecule has 0 aliphatic carbocycles. The number of rotatable bonds is 10. The molecule has 2 aromatic carbocycles. The van der Waals surface area contributed by atoms with Crippen LogP contribution >= 0.6 is 0 Å². The van der Waals surface area contributed by atoms with Crippen molar-refractivity contribution in [2.24, 2.45) is 7.05 Å². The average Bonchev–Trinajstić information content (AvgIpc) is 3.27. The fraction of sp³-hybridized carbons (Fsp3) is 0.345. The molecule has 10 nitrogen and oxygen atoms in total. The molecule has 0 fully saturated rings. The fourth-order valence-electron chi connectivity index (χ4n) is 4.70. The molecule has 1 atom stereocenters. The van der Waals surface area contributed by atoms with E-state index < -0.39 is 28.8 Å². The third-order valence-corrected chi connectivity index (χ3v) is 6.94. The zero-order chi connectivity index (χ0) is 31.5. The number of nitriles is 1. The first-order valence-electron chi connectivity index (χ1n) is 13.7. The van der Waals surface area contributed by atoms with E-state index in [2.05, 4.69) is 15.4 Å². The fourth-order valence-corrected chi connectivity index (χ4v) is 4.70. The summed E-state index contributed by atoms with van der Waals surface area (Å²) < 4.78 is 47.3. The van der Waals surface area contributed by atoms with Crippen LogP contribution in [0, 0.1) is 11.3 Å². The number of carbonyl (C=O) groups is 1. The van der Waals surface area contributed by atoms with E-state index in [0.29, 0.717) is 52.6 Å². The Kier molecular flexibility index (Phi) is 8.96. The monoisotopic (exact) mass is 594 g/mol. The highest BCUT2D eigenvalue weighted by Gasteiger charge is 2.35. The lowest BCUT2D eigenvalue weighted by atomic mass is 9.62. The standard InChI is InChI=1S/C29H30BF3N6O4/c1-5-7-21-23-24(39(4)38-21)26(40)37-25(36-23)19-12-17(9-11-22(19)43-6-2)30-15-28(3,42)27(41)35-18-10-8-16(14-34)20(13-18)29(31,32)33/h8-13,30,42H,5-7,15H2,1-4H3,(H,35,41)(H,36,37,40). The van der Waals surface area contributed by atoms with E-state index in [0.717, 1.165) is 12.5 Å². The smallest absolute Gasteiger partial charge is 0.417 e. The minimum atomic E-state index is -4.79. The predicted molar refractivity (Wildman–Crippen MR) is 157 cm³/mol. The van der Waals surface area contributed by atoms with E-state index >= 15 is 0 Å². The second-order valence-electron chi connectivity index (χ2n) is 10.3. The van der Waals surface area contributed by atoms with E-state index in [-0.39, 0.29) is 30.7 Å².